The first-order valence-corrected chi connectivity index (χ1v) is 8.29. The summed E-state index contributed by atoms with van der Waals surface area (Å²) in [4.78, 5) is 24.9. The molecule has 6 heteroatoms. The fourth-order valence-electron chi connectivity index (χ4n) is 2.62. The van der Waals surface area contributed by atoms with Crippen LogP contribution in [0.15, 0.2) is 42.5 Å². The van der Waals surface area contributed by atoms with Crippen LogP contribution in [0.4, 0.5) is 5.00 Å². The molecule has 0 aliphatic carbocycles. The van der Waals surface area contributed by atoms with E-state index in [4.69, 9.17) is 4.74 Å². The van der Waals surface area contributed by atoms with E-state index in [0.29, 0.717) is 21.0 Å². The van der Waals surface area contributed by atoms with Gasteiger partial charge < -0.3 is 10.1 Å². The highest BCUT2D eigenvalue weighted by Crippen LogP contribution is 2.33. The van der Waals surface area contributed by atoms with Gasteiger partial charge in [0.05, 0.1) is 12.7 Å². The van der Waals surface area contributed by atoms with E-state index >= 15 is 0 Å². The zero-order valence-corrected chi connectivity index (χ0v) is 14.4. The van der Waals surface area contributed by atoms with Crippen LogP contribution >= 0.6 is 11.3 Å². The number of hydrogen-bond donors (Lipinski definition) is 1. The molecule has 1 aromatic heterocycles. The molecule has 124 valence electrons. The molecule has 0 bridgehead atoms. The lowest BCUT2D eigenvalue weighted by Crippen LogP contribution is -2.12. The number of anilines is 1. The average Bonchev–Trinajstić information content (AvgIpc) is 2.95. The van der Waals surface area contributed by atoms with Crippen LogP contribution in [0.25, 0.3) is 10.8 Å². The number of ether oxygens (including phenoxy) is 1. The fraction of sp³-hybridized carbons (Fsp3) is 0.105. The van der Waals surface area contributed by atoms with Crippen molar-refractivity contribution in [1.29, 1.82) is 5.26 Å². The Labute approximate surface area is 148 Å². The van der Waals surface area contributed by atoms with Gasteiger partial charge in [-0.1, -0.05) is 36.4 Å². The van der Waals surface area contributed by atoms with Crippen molar-refractivity contribution < 1.29 is 14.3 Å². The number of fused-ring (bicyclic) bond motifs is 1. The molecular weight excluding hydrogens is 336 g/mol. The molecule has 0 atom stereocenters. The molecule has 1 heterocycles. The molecular formula is C19H14N2O3S. The van der Waals surface area contributed by atoms with Gasteiger partial charge in [-0.05, 0) is 29.3 Å². The van der Waals surface area contributed by atoms with Crippen LogP contribution in [0.2, 0.25) is 0 Å². The van der Waals surface area contributed by atoms with Crippen LogP contribution in [0, 0.1) is 18.3 Å². The Morgan fingerprint density at radius 2 is 1.88 bits per heavy atom. The van der Waals surface area contributed by atoms with Crippen LogP contribution in [0.5, 0.6) is 0 Å². The second-order valence-corrected chi connectivity index (χ2v) is 6.37. The third kappa shape index (κ3) is 2.97. The highest BCUT2D eigenvalue weighted by atomic mass is 32.1. The maximum absolute atomic E-state index is 12.7. The lowest BCUT2D eigenvalue weighted by molar-refractivity contribution is 0.0605. The number of nitriles is 1. The van der Waals surface area contributed by atoms with E-state index in [-0.39, 0.29) is 11.5 Å². The number of rotatable bonds is 3. The van der Waals surface area contributed by atoms with Gasteiger partial charge in [-0.3, -0.25) is 4.79 Å². The number of amides is 1. The molecule has 0 fully saturated rings. The number of esters is 1. The summed E-state index contributed by atoms with van der Waals surface area (Å²) in [5.74, 6) is -0.851. The Bertz CT molecular complexity index is 1030. The molecule has 5 nitrogen and oxygen atoms in total. The molecule has 0 aliphatic rings. The van der Waals surface area contributed by atoms with Crippen molar-refractivity contribution in [3.63, 3.8) is 0 Å². The highest BCUT2D eigenvalue weighted by Gasteiger charge is 2.22. The van der Waals surface area contributed by atoms with E-state index in [0.717, 1.165) is 22.1 Å². The molecule has 0 unspecified atom stereocenters. The third-order valence-corrected chi connectivity index (χ3v) is 5.08. The summed E-state index contributed by atoms with van der Waals surface area (Å²) in [5.41, 5.74) is 1.29. The van der Waals surface area contributed by atoms with Crippen molar-refractivity contribution in [1.82, 2.24) is 0 Å². The Morgan fingerprint density at radius 1 is 1.16 bits per heavy atom. The Balaban J connectivity index is 2.01. The molecule has 0 aliphatic heterocycles. The van der Waals surface area contributed by atoms with Crippen LogP contribution in [-0.2, 0) is 4.74 Å². The maximum Gasteiger partial charge on any atom is 0.348 e. The van der Waals surface area contributed by atoms with Gasteiger partial charge in [-0.2, -0.15) is 5.26 Å². The predicted molar refractivity (Wildman–Crippen MR) is 97.0 cm³/mol. The predicted octanol–water partition coefficient (Wildman–Crippen LogP) is 4.12. The number of thiophene rings is 1. The van der Waals surface area contributed by atoms with Crippen LogP contribution in [0.1, 0.15) is 31.2 Å². The highest BCUT2D eigenvalue weighted by molar-refractivity contribution is 7.18. The van der Waals surface area contributed by atoms with Crippen molar-refractivity contribution in [3.8, 4) is 6.07 Å². The van der Waals surface area contributed by atoms with Gasteiger partial charge in [0.1, 0.15) is 15.9 Å². The van der Waals surface area contributed by atoms with E-state index in [1.165, 1.54) is 7.11 Å². The lowest BCUT2D eigenvalue weighted by Gasteiger charge is -2.07. The van der Waals surface area contributed by atoms with E-state index in [1.54, 1.807) is 13.0 Å². The first-order chi connectivity index (χ1) is 12.1. The lowest BCUT2D eigenvalue weighted by atomic mass is 10.0. The molecule has 1 amide bonds. The van der Waals surface area contributed by atoms with Gasteiger partial charge in [-0.15, -0.1) is 11.3 Å². The first kappa shape index (κ1) is 16.7. The molecule has 3 rings (SSSR count). The minimum absolute atomic E-state index is 0.277. The normalized spacial score (nSPS) is 10.3. The molecule has 0 spiro atoms. The summed E-state index contributed by atoms with van der Waals surface area (Å²) in [5, 5.41) is 14.3. The number of hydrogen-bond acceptors (Lipinski definition) is 5. The Morgan fingerprint density at radius 3 is 2.60 bits per heavy atom. The number of nitrogens with one attached hydrogen (secondary N) is 1. The number of carbonyl (C=O) groups is 2. The monoisotopic (exact) mass is 350 g/mol. The minimum atomic E-state index is -0.523. The third-order valence-electron chi connectivity index (χ3n) is 3.89. The fourth-order valence-corrected chi connectivity index (χ4v) is 3.69. The number of methoxy groups -OCH3 is 1. The van der Waals surface area contributed by atoms with Gasteiger partial charge >= 0.3 is 5.97 Å². The van der Waals surface area contributed by atoms with Gasteiger partial charge in [0.15, 0.2) is 0 Å². The Hall–Kier alpha value is -3.17. The van der Waals surface area contributed by atoms with E-state index in [9.17, 15) is 14.9 Å². The molecule has 0 saturated carbocycles. The molecule has 25 heavy (non-hydrogen) atoms. The SMILES string of the molecule is COC(=O)c1sc(NC(=O)c2cccc3ccccc23)c(C#N)c1C. The smallest absolute Gasteiger partial charge is 0.348 e. The van der Waals surface area contributed by atoms with Crippen LogP contribution in [0.3, 0.4) is 0 Å². The molecule has 2 aromatic carbocycles. The van der Waals surface area contributed by atoms with E-state index in [2.05, 4.69) is 5.32 Å². The summed E-state index contributed by atoms with van der Waals surface area (Å²) >= 11 is 1.04. The standard InChI is InChI=1S/C19H14N2O3S/c1-11-15(10-20)18(25-16(11)19(23)24-2)21-17(22)14-9-5-7-12-6-3-4-8-13(12)14/h3-9H,1-2H3,(H,21,22). The first-order valence-electron chi connectivity index (χ1n) is 7.47. The Kier molecular flexibility index (Phi) is 4.50. The van der Waals surface area contributed by atoms with Crippen molar-refractivity contribution in [2.75, 3.05) is 12.4 Å². The van der Waals surface area contributed by atoms with Gasteiger partial charge in [-0.25, -0.2) is 4.79 Å². The molecule has 0 radical (unpaired) electrons. The summed E-state index contributed by atoms with van der Waals surface area (Å²) in [6.45, 7) is 1.66. The zero-order chi connectivity index (χ0) is 18.0. The topological polar surface area (TPSA) is 79.2 Å². The molecule has 0 saturated heterocycles. The second-order valence-electron chi connectivity index (χ2n) is 5.34. The molecule has 3 aromatic rings. The average molecular weight is 350 g/mol. The van der Waals surface area contributed by atoms with Gasteiger partial charge in [0, 0.05) is 5.56 Å². The number of carbonyl (C=O) groups excluding carboxylic acids is 2. The minimum Gasteiger partial charge on any atom is -0.465 e. The second kappa shape index (κ2) is 6.75. The van der Waals surface area contributed by atoms with Crippen LogP contribution in [-0.4, -0.2) is 19.0 Å². The van der Waals surface area contributed by atoms with Gasteiger partial charge in [0.2, 0.25) is 0 Å². The number of benzene rings is 2. The maximum atomic E-state index is 12.7. The summed E-state index contributed by atoms with van der Waals surface area (Å²) in [6.07, 6.45) is 0. The largest absolute Gasteiger partial charge is 0.465 e. The van der Waals surface area contributed by atoms with Gasteiger partial charge in [0.25, 0.3) is 5.91 Å². The quantitative estimate of drug-likeness (QED) is 0.721. The molecule has 1 N–H and O–H groups in total. The zero-order valence-electron chi connectivity index (χ0n) is 13.6. The van der Waals surface area contributed by atoms with Crippen LogP contribution < -0.4 is 5.32 Å². The number of nitrogens with zero attached hydrogens (tertiary/aromatic N) is 1. The van der Waals surface area contributed by atoms with E-state index < -0.39 is 5.97 Å². The van der Waals surface area contributed by atoms with Crippen molar-refractivity contribution >= 4 is 39.0 Å². The van der Waals surface area contributed by atoms with E-state index in [1.807, 2.05) is 42.5 Å². The summed E-state index contributed by atoms with van der Waals surface area (Å²) < 4.78 is 4.73. The van der Waals surface area contributed by atoms with Crippen molar-refractivity contribution in [3.05, 3.63) is 64.0 Å². The van der Waals surface area contributed by atoms with Crippen molar-refractivity contribution in [2.24, 2.45) is 0 Å². The summed E-state index contributed by atoms with van der Waals surface area (Å²) in [6, 6.07) is 15.1. The van der Waals surface area contributed by atoms with Crippen molar-refractivity contribution in [2.45, 2.75) is 6.92 Å². The summed E-state index contributed by atoms with van der Waals surface area (Å²) in [7, 11) is 1.28.